The van der Waals surface area contributed by atoms with E-state index in [1.165, 1.54) is 32.8 Å². The van der Waals surface area contributed by atoms with Gasteiger partial charge in [-0.15, -0.1) is 0 Å². The Labute approximate surface area is 119 Å². The molecule has 0 amide bonds. The molecule has 3 rings (SSSR count). The van der Waals surface area contributed by atoms with E-state index in [0.717, 1.165) is 18.9 Å². The molecule has 108 valence electrons. The molecule has 1 N–H and O–H groups in total. The van der Waals surface area contributed by atoms with Gasteiger partial charge in [-0.2, -0.15) is 0 Å². The second kappa shape index (κ2) is 5.79. The fourth-order valence-electron chi connectivity index (χ4n) is 2.79. The summed E-state index contributed by atoms with van der Waals surface area (Å²) in [6, 6.07) is 4.67. The van der Waals surface area contributed by atoms with Gasteiger partial charge in [0.25, 0.3) is 0 Å². The second-order valence-electron chi connectivity index (χ2n) is 5.57. The van der Waals surface area contributed by atoms with Gasteiger partial charge in [0.05, 0.1) is 12.7 Å². The standard InChI is InChI=1S/C15H21N3O2/c1-20-15(19)11-6-8-17-14(9-11)18(13-4-5-13)10-12-3-2-7-16-12/h6,8-9,12-13,16H,2-5,7,10H2,1H3. The predicted octanol–water partition coefficient (Wildman–Crippen LogP) is 1.59. The van der Waals surface area contributed by atoms with E-state index in [-0.39, 0.29) is 5.97 Å². The number of aromatic nitrogens is 1. The van der Waals surface area contributed by atoms with Gasteiger partial charge in [-0.05, 0) is 44.4 Å². The van der Waals surface area contributed by atoms with Gasteiger partial charge in [-0.1, -0.05) is 0 Å². The molecule has 5 nitrogen and oxygen atoms in total. The number of esters is 1. The van der Waals surface area contributed by atoms with Crippen LogP contribution in [0, 0.1) is 0 Å². The summed E-state index contributed by atoms with van der Waals surface area (Å²) in [5.74, 6) is 0.590. The van der Waals surface area contributed by atoms with Crippen molar-refractivity contribution < 1.29 is 9.53 Å². The molecule has 0 aromatic carbocycles. The zero-order chi connectivity index (χ0) is 13.9. The Kier molecular flexibility index (Phi) is 3.87. The lowest BCUT2D eigenvalue weighted by molar-refractivity contribution is 0.0600. The van der Waals surface area contributed by atoms with Gasteiger partial charge in [0, 0.05) is 24.8 Å². The number of hydrogen-bond donors (Lipinski definition) is 1. The third kappa shape index (κ3) is 2.93. The zero-order valence-electron chi connectivity index (χ0n) is 11.8. The minimum atomic E-state index is -0.302. The van der Waals surface area contributed by atoms with E-state index in [1.807, 2.05) is 6.07 Å². The van der Waals surface area contributed by atoms with Crippen LogP contribution in [0.3, 0.4) is 0 Å². The quantitative estimate of drug-likeness (QED) is 0.827. The van der Waals surface area contributed by atoms with Crippen molar-refractivity contribution in [3.8, 4) is 0 Å². The average molecular weight is 275 g/mol. The van der Waals surface area contributed by atoms with Gasteiger partial charge in [-0.25, -0.2) is 9.78 Å². The maximum absolute atomic E-state index is 11.6. The highest BCUT2D eigenvalue weighted by molar-refractivity contribution is 5.90. The van der Waals surface area contributed by atoms with Crippen LogP contribution in [0.4, 0.5) is 5.82 Å². The highest BCUT2D eigenvalue weighted by Crippen LogP contribution is 2.31. The highest BCUT2D eigenvalue weighted by Gasteiger charge is 2.32. The number of ether oxygens (including phenoxy) is 1. The van der Waals surface area contributed by atoms with E-state index in [0.29, 0.717) is 17.6 Å². The fraction of sp³-hybridized carbons (Fsp3) is 0.600. The molecule has 2 fully saturated rings. The zero-order valence-corrected chi connectivity index (χ0v) is 11.8. The summed E-state index contributed by atoms with van der Waals surface area (Å²) in [6.45, 7) is 2.08. The summed E-state index contributed by atoms with van der Waals surface area (Å²) in [5.41, 5.74) is 0.572. The maximum Gasteiger partial charge on any atom is 0.338 e. The minimum Gasteiger partial charge on any atom is -0.465 e. The Morgan fingerprint density at radius 3 is 3.00 bits per heavy atom. The number of nitrogens with one attached hydrogen (secondary N) is 1. The average Bonchev–Trinajstić information content (AvgIpc) is 3.20. The smallest absolute Gasteiger partial charge is 0.338 e. The Morgan fingerprint density at radius 2 is 2.35 bits per heavy atom. The minimum absolute atomic E-state index is 0.302. The van der Waals surface area contributed by atoms with Gasteiger partial charge in [0.2, 0.25) is 0 Å². The van der Waals surface area contributed by atoms with Crippen LogP contribution >= 0.6 is 0 Å². The number of hydrogen-bond acceptors (Lipinski definition) is 5. The molecule has 2 heterocycles. The molecular formula is C15H21N3O2. The third-order valence-corrected chi connectivity index (χ3v) is 4.03. The topological polar surface area (TPSA) is 54.5 Å². The summed E-state index contributed by atoms with van der Waals surface area (Å²) in [6.07, 6.45) is 6.60. The van der Waals surface area contributed by atoms with E-state index in [4.69, 9.17) is 4.74 Å². The van der Waals surface area contributed by atoms with Crippen molar-refractivity contribution in [2.75, 3.05) is 25.1 Å². The third-order valence-electron chi connectivity index (χ3n) is 4.03. The summed E-state index contributed by atoms with van der Waals surface area (Å²) < 4.78 is 4.78. The Bertz CT molecular complexity index is 482. The molecule has 5 heteroatoms. The molecule has 0 spiro atoms. The lowest BCUT2D eigenvalue weighted by atomic mass is 10.2. The second-order valence-corrected chi connectivity index (χ2v) is 5.57. The van der Waals surface area contributed by atoms with Gasteiger partial charge in [0.15, 0.2) is 0 Å². The monoisotopic (exact) mass is 275 g/mol. The Morgan fingerprint density at radius 1 is 1.50 bits per heavy atom. The molecule has 1 saturated carbocycles. The number of carbonyl (C=O) groups is 1. The van der Waals surface area contributed by atoms with Crippen LogP contribution in [0.5, 0.6) is 0 Å². The van der Waals surface area contributed by atoms with Crippen molar-refractivity contribution in [2.45, 2.75) is 37.8 Å². The molecule has 20 heavy (non-hydrogen) atoms. The molecule has 0 bridgehead atoms. The molecule has 1 aliphatic carbocycles. The van der Waals surface area contributed by atoms with Gasteiger partial charge >= 0.3 is 5.97 Å². The Balaban J connectivity index is 1.78. The highest BCUT2D eigenvalue weighted by atomic mass is 16.5. The van der Waals surface area contributed by atoms with Crippen LogP contribution in [0.1, 0.15) is 36.0 Å². The first-order valence-corrected chi connectivity index (χ1v) is 7.32. The summed E-state index contributed by atoms with van der Waals surface area (Å²) >= 11 is 0. The summed E-state index contributed by atoms with van der Waals surface area (Å²) in [5, 5.41) is 3.53. The van der Waals surface area contributed by atoms with Gasteiger partial charge < -0.3 is 15.0 Å². The predicted molar refractivity (Wildman–Crippen MR) is 77.0 cm³/mol. The summed E-state index contributed by atoms with van der Waals surface area (Å²) in [7, 11) is 1.41. The lowest BCUT2D eigenvalue weighted by Crippen LogP contribution is -2.39. The van der Waals surface area contributed by atoms with Crippen LogP contribution in [0.25, 0.3) is 0 Å². The normalized spacial score (nSPS) is 21.8. The lowest BCUT2D eigenvalue weighted by Gasteiger charge is -2.27. The number of rotatable bonds is 5. The van der Waals surface area contributed by atoms with Crippen molar-refractivity contribution in [1.29, 1.82) is 0 Å². The maximum atomic E-state index is 11.6. The fourth-order valence-corrected chi connectivity index (χ4v) is 2.79. The number of nitrogens with zero attached hydrogens (tertiary/aromatic N) is 2. The van der Waals surface area contributed by atoms with E-state index >= 15 is 0 Å². The summed E-state index contributed by atoms with van der Waals surface area (Å²) in [4.78, 5) is 18.4. The number of anilines is 1. The van der Waals surface area contributed by atoms with E-state index < -0.39 is 0 Å². The van der Waals surface area contributed by atoms with Crippen molar-refractivity contribution in [3.63, 3.8) is 0 Å². The van der Waals surface area contributed by atoms with E-state index in [1.54, 1.807) is 12.3 Å². The van der Waals surface area contributed by atoms with E-state index in [2.05, 4.69) is 15.2 Å². The molecule has 1 atom stereocenters. The first-order chi connectivity index (χ1) is 9.78. The largest absolute Gasteiger partial charge is 0.465 e. The van der Waals surface area contributed by atoms with Crippen molar-refractivity contribution >= 4 is 11.8 Å². The van der Waals surface area contributed by atoms with Gasteiger partial charge in [0.1, 0.15) is 5.82 Å². The van der Waals surface area contributed by atoms with Crippen LogP contribution in [0.2, 0.25) is 0 Å². The van der Waals surface area contributed by atoms with Crippen molar-refractivity contribution in [2.24, 2.45) is 0 Å². The van der Waals surface area contributed by atoms with Crippen LogP contribution in [-0.4, -0.2) is 43.2 Å². The Hall–Kier alpha value is -1.62. The van der Waals surface area contributed by atoms with Crippen molar-refractivity contribution in [1.82, 2.24) is 10.3 Å². The van der Waals surface area contributed by atoms with Crippen LogP contribution in [0.15, 0.2) is 18.3 Å². The number of methoxy groups -OCH3 is 1. The number of pyridine rings is 1. The molecule has 1 aromatic rings. The molecule has 2 aliphatic rings. The SMILES string of the molecule is COC(=O)c1ccnc(N(CC2CCCN2)C2CC2)c1. The van der Waals surface area contributed by atoms with Crippen molar-refractivity contribution in [3.05, 3.63) is 23.9 Å². The first-order valence-electron chi connectivity index (χ1n) is 7.32. The molecule has 1 aromatic heterocycles. The van der Waals surface area contributed by atoms with E-state index in [9.17, 15) is 4.79 Å². The van der Waals surface area contributed by atoms with Crippen LogP contribution in [-0.2, 0) is 4.74 Å². The molecule has 1 saturated heterocycles. The molecular weight excluding hydrogens is 254 g/mol. The van der Waals surface area contributed by atoms with Gasteiger partial charge in [-0.3, -0.25) is 0 Å². The molecule has 0 radical (unpaired) electrons. The molecule has 1 aliphatic heterocycles. The van der Waals surface area contributed by atoms with Crippen LogP contribution < -0.4 is 10.2 Å². The number of carbonyl (C=O) groups excluding carboxylic acids is 1. The first kappa shape index (κ1) is 13.4. The molecule has 1 unspecified atom stereocenters.